The highest BCUT2D eigenvalue weighted by molar-refractivity contribution is 6.31. The van der Waals surface area contributed by atoms with Gasteiger partial charge in [0.25, 0.3) is 11.6 Å². The number of nitrogens with one attached hydrogen (secondary N) is 1. The molecule has 1 N–H and O–H groups in total. The molecule has 6 heteroatoms. The molecule has 1 fully saturated rings. The number of carbonyl (C=O) groups is 1. The molecular formula is C17H15ClN2O3. The van der Waals surface area contributed by atoms with Crippen LogP contribution in [0.3, 0.4) is 0 Å². The average molecular weight is 331 g/mol. The summed E-state index contributed by atoms with van der Waals surface area (Å²) < 4.78 is 0. The highest BCUT2D eigenvalue weighted by atomic mass is 35.5. The van der Waals surface area contributed by atoms with E-state index in [4.69, 9.17) is 11.6 Å². The predicted octanol–water partition coefficient (Wildman–Crippen LogP) is 3.71. The van der Waals surface area contributed by atoms with Gasteiger partial charge in [-0.15, -0.1) is 0 Å². The van der Waals surface area contributed by atoms with E-state index in [9.17, 15) is 14.9 Å². The first-order valence-electron chi connectivity index (χ1n) is 7.29. The van der Waals surface area contributed by atoms with Gasteiger partial charge in [0.1, 0.15) is 5.56 Å². The second kappa shape index (κ2) is 6.01. The van der Waals surface area contributed by atoms with E-state index >= 15 is 0 Å². The Kier molecular flexibility index (Phi) is 4.05. The quantitative estimate of drug-likeness (QED) is 0.671. The third-order valence-electron chi connectivity index (χ3n) is 4.23. The lowest BCUT2D eigenvalue weighted by molar-refractivity contribution is -0.385. The molecule has 2 aromatic rings. The molecule has 0 radical (unpaired) electrons. The zero-order valence-corrected chi connectivity index (χ0v) is 13.0. The molecule has 3 rings (SSSR count). The summed E-state index contributed by atoms with van der Waals surface area (Å²) in [5.74, 6) is -0.449. The van der Waals surface area contributed by atoms with E-state index in [2.05, 4.69) is 5.32 Å². The minimum absolute atomic E-state index is 0.0308. The van der Waals surface area contributed by atoms with Crippen molar-refractivity contribution in [2.45, 2.75) is 18.3 Å². The van der Waals surface area contributed by atoms with Crippen LogP contribution >= 0.6 is 11.6 Å². The Morgan fingerprint density at radius 2 is 1.91 bits per heavy atom. The van der Waals surface area contributed by atoms with Crippen molar-refractivity contribution in [1.82, 2.24) is 5.32 Å². The predicted molar refractivity (Wildman–Crippen MR) is 87.8 cm³/mol. The molecule has 1 saturated carbocycles. The fourth-order valence-electron chi connectivity index (χ4n) is 2.70. The number of carbonyl (C=O) groups excluding carboxylic acids is 1. The number of nitro benzene ring substituents is 1. The Morgan fingerprint density at radius 3 is 2.52 bits per heavy atom. The summed E-state index contributed by atoms with van der Waals surface area (Å²) in [5, 5.41) is 14.1. The highest BCUT2D eigenvalue weighted by Crippen LogP contribution is 2.47. The second-order valence-electron chi connectivity index (χ2n) is 5.75. The topological polar surface area (TPSA) is 72.2 Å². The monoisotopic (exact) mass is 330 g/mol. The SMILES string of the molecule is O=C(NCC1(c2ccccc2)CC1)c1ccc(Cl)cc1[N+](=O)[O-]. The Hall–Kier alpha value is -2.40. The fourth-order valence-corrected chi connectivity index (χ4v) is 2.87. The fraction of sp³-hybridized carbons (Fsp3) is 0.235. The van der Waals surface area contributed by atoms with E-state index < -0.39 is 10.8 Å². The van der Waals surface area contributed by atoms with Gasteiger partial charge >= 0.3 is 0 Å². The van der Waals surface area contributed by atoms with Gasteiger partial charge in [0.05, 0.1) is 4.92 Å². The van der Waals surface area contributed by atoms with Crippen LogP contribution < -0.4 is 5.32 Å². The first-order chi connectivity index (χ1) is 11.0. The van der Waals surface area contributed by atoms with Crippen molar-refractivity contribution in [3.8, 4) is 0 Å². The molecule has 118 valence electrons. The van der Waals surface area contributed by atoms with Gasteiger partial charge in [-0.3, -0.25) is 14.9 Å². The minimum atomic E-state index is -0.592. The third-order valence-corrected chi connectivity index (χ3v) is 4.46. The molecule has 23 heavy (non-hydrogen) atoms. The maximum atomic E-state index is 12.3. The molecule has 0 aromatic heterocycles. The molecule has 0 heterocycles. The van der Waals surface area contributed by atoms with Gasteiger partial charge in [0.2, 0.25) is 0 Å². The van der Waals surface area contributed by atoms with E-state index in [1.54, 1.807) is 0 Å². The summed E-state index contributed by atoms with van der Waals surface area (Å²) in [6, 6.07) is 14.1. The maximum Gasteiger partial charge on any atom is 0.283 e. The lowest BCUT2D eigenvalue weighted by Crippen LogP contribution is -2.32. The molecule has 0 aliphatic heterocycles. The lowest BCUT2D eigenvalue weighted by Gasteiger charge is -2.16. The van der Waals surface area contributed by atoms with E-state index in [1.165, 1.54) is 23.8 Å². The highest BCUT2D eigenvalue weighted by Gasteiger charge is 2.44. The van der Waals surface area contributed by atoms with Crippen LogP contribution in [-0.4, -0.2) is 17.4 Å². The summed E-state index contributed by atoms with van der Waals surface area (Å²) in [4.78, 5) is 22.8. The molecule has 0 saturated heterocycles. The van der Waals surface area contributed by atoms with Crippen molar-refractivity contribution in [1.29, 1.82) is 0 Å². The first kappa shape index (κ1) is 15.5. The van der Waals surface area contributed by atoms with E-state index in [-0.39, 0.29) is 21.7 Å². The van der Waals surface area contributed by atoms with Crippen LogP contribution in [0.2, 0.25) is 5.02 Å². The molecule has 0 bridgehead atoms. The number of hydrogen-bond donors (Lipinski definition) is 1. The summed E-state index contributed by atoms with van der Waals surface area (Å²) in [6.07, 6.45) is 2.00. The second-order valence-corrected chi connectivity index (χ2v) is 6.18. The molecule has 0 unspecified atom stereocenters. The molecule has 5 nitrogen and oxygen atoms in total. The Morgan fingerprint density at radius 1 is 1.22 bits per heavy atom. The standard InChI is InChI=1S/C17H15ClN2O3/c18-13-6-7-14(15(10-13)20(22)23)16(21)19-11-17(8-9-17)12-4-2-1-3-5-12/h1-7,10H,8-9,11H2,(H,19,21). The number of benzene rings is 2. The normalized spacial score (nSPS) is 15.0. The summed E-state index contributed by atoms with van der Waals surface area (Å²) in [7, 11) is 0. The number of hydrogen-bond acceptors (Lipinski definition) is 3. The van der Waals surface area contributed by atoms with Gasteiger partial charge < -0.3 is 5.32 Å². The van der Waals surface area contributed by atoms with E-state index in [1.807, 2.05) is 30.3 Å². The zero-order chi connectivity index (χ0) is 16.4. The van der Waals surface area contributed by atoms with Gasteiger partial charge in [-0.25, -0.2) is 0 Å². The molecule has 2 aromatic carbocycles. The number of amides is 1. The number of nitrogens with zero attached hydrogens (tertiary/aromatic N) is 1. The van der Waals surface area contributed by atoms with Crippen LogP contribution in [0.15, 0.2) is 48.5 Å². The molecule has 1 aliphatic carbocycles. The lowest BCUT2D eigenvalue weighted by atomic mass is 9.96. The number of halogens is 1. The Bertz CT molecular complexity index is 758. The van der Waals surface area contributed by atoms with Crippen LogP contribution in [0.5, 0.6) is 0 Å². The van der Waals surface area contributed by atoms with Gasteiger partial charge in [-0.2, -0.15) is 0 Å². The minimum Gasteiger partial charge on any atom is -0.351 e. The van der Waals surface area contributed by atoms with E-state index in [0.717, 1.165) is 12.8 Å². The van der Waals surface area contributed by atoms with Crippen LogP contribution in [0.1, 0.15) is 28.8 Å². The number of nitro groups is 1. The van der Waals surface area contributed by atoms with Gasteiger partial charge in [-0.05, 0) is 30.5 Å². The van der Waals surface area contributed by atoms with Crippen LogP contribution in [0.4, 0.5) is 5.69 Å². The molecule has 1 aliphatic rings. The van der Waals surface area contributed by atoms with Crippen molar-refractivity contribution in [3.63, 3.8) is 0 Å². The number of rotatable bonds is 5. The summed E-state index contributed by atoms with van der Waals surface area (Å²) in [5.41, 5.74) is 0.895. The average Bonchev–Trinajstić information content (AvgIpc) is 3.34. The third kappa shape index (κ3) is 3.19. The van der Waals surface area contributed by atoms with Crippen LogP contribution in [-0.2, 0) is 5.41 Å². The van der Waals surface area contributed by atoms with E-state index in [0.29, 0.717) is 6.54 Å². The summed E-state index contributed by atoms with van der Waals surface area (Å²) >= 11 is 5.77. The largest absolute Gasteiger partial charge is 0.351 e. The van der Waals surface area contributed by atoms with Crippen LogP contribution in [0, 0.1) is 10.1 Å². The van der Waals surface area contributed by atoms with Crippen molar-refractivity contribution in [3.05, 3.63) is 74.8 Å². The molecule has 0 spiro atoms. The maximum absolute atomic E-state index is 12.3. The smallest absolute Gasteiger partial charge is 0.283 e. The molecule has 0 atom stereocenters. The molecule has 1 amide bonds. The van der Waals surface area contributed by atoms with Crippen molar-refractivity contribution < 1.29 is 9.72 Å². The Balaban J connectivity index is 1.75. The zero-order valence-electron chi connectivity index (χ0n) is 12.3. The van der Waals surface area contributed by atoms with Crippen LogP contribution in [0.25, 0.3) is 0 Å². The van der Waals surface area contributed by atoms with Gasteiger partial charge in [-0.1, -0.05) is 41.9 Å². The van der Waals surface area contributed by atoms with Crippen molar-refractivity contribution >= 4 is 23.2 Å². The van der Waals surface area contributed by atoms with Crippen molar-refractivity contribution in [2.24, 2.45) is 0 Å². The first-order valence-corrected chi connectivity index (χ1v) is 7.67. The van der Waals surface area contributed by atoms with Gasteiger partial charge in [0.15, 0.2) is 0 Å². The Labute approximate surface area is 138 Å². The van der Waals surface area contributed by atoms with Gasteiger partial charge in [0, 0.05) is 23.0 Å². The molecular weight excluding hydrogens is 316 g/mol. The summed E-state index contributed by atoms with van der Waals surface area (Å²) in [6.45, 7) is 0.468. The van der Waals surface area contributed by atoms with Crippen molar-refractivity contribution in [2.75, 3.05) is 6.54 Å².